The third-order valence-corrected chi connectivity index (χ3v) is 1.36. The van der Waals surface area contributed by atoms with Crippen molar-refractivity contribution in [1.82, 2.24) is 0 Å². The molecule has 0 heterocycles. The van der Waals surface area contributed by atoms with Crippen molar-refractivity contribution in [2.24, 2.45) is 11.7 Å². The molecular weight excluding hydrogens is 169 g/mol. The second-order valence-corrected chi connectivity index (χ2v) is 2.17. The van der Waals surface area contributed by atoms with E-state index in [1.165, 1.54) is 7.11 Å². The summed E-state index contributed by atoms with van der Waals surface area (Å²) in [5.74, 6) is -0.444. The van der Waals surface area contributed by atoms with Gasteiger partial charge in [0, 0.05) is 24.6 Å². The fourth-order valence-corrected chi connectivity index (χ4v) is 0.401. The third kappa shape index (κ3) is 3.93. The van der Waals surface area contributed by atoms with E-state index in [2.05, 4.69) is 4.74 Å². The van der Waals surface area contributed by atoms with Gasteiger partial charge in [0.1, 0.15) is 0 Å². The number of hydrogen-bond donors (Lipinski definition) is 1. The molecule has 2 atom stereocenters. The van der Waals surface area contributed by atoms with Gasteiger partial charge < -0.3 is 10.5 Å². The van der Waals surface area contributed by atoms with E-state index in [1.807, 2.05) is 0 Å². The number of carbonyl (C=O) groups is 1. The van der Waals surface area contributed by atoms with Gasteiger partial charge in [-0.25, -0.2) is 0 Å². The number of methoxy groups -OCH3 is 1. The average molecular weight is 182 g/mol. The molecule has 2 N–H and O–H groups in total. The molecule has 0 aliphatic heterocycles. The van der Waals surface area contributed by atoms with Gasteiger partial charge in [0.15, 0.2) is 0 Å². The number of hydrogen-bond acceptors (Lipinski definition) is 3. The van der Waals surface area contributed by atoms with Crippen LogP contribution >= 0.6 is 0 Å². The van der Waals surface area contributed by atoms with Crippen molar-refractivity contribution in [2.45, 2.75) is 19.9 Å². The van der Waals surface area contributed by atoms with Crippen LogP contribution in [0.25, 0.3) is 0 Å². The number of rotatable bonds is 2. The Morgan fingerprint density at radius 2 is 1.90 bits per heavy atom. The summed E-state index contributed by atoms with van der Waals surface area (Å²) in [5, 5.41) is 0. The summed E-state index contributed by atoms with van der Waals surface area (Å²) in [6.45, 7) is 3.53. The normalized spacial score (nSPS) is 14.8. The molecule has 2 unspecified atom stereocenters. The van der Waals surface area contributed by atoms with Crippen molar-refractivity contribution >= 4 is 5.97 Å². The maximum Gasteiger partial charge on any atom is 0.309 e. The zero-order valence-electron chi connectivity index (χ0n) is 6.50. The standard InChI is InChI=1S/C6H13NO2.V/c1-4(5(2)7)6(8)9-3;/h4-5H,7H2,1-3H3;. The number of nitrogens with two attached hydrogens (primary N) is 1. The molecule has 4 heteroatoms. The van der Waals surface area contributed by atoms with Crippen molar-refractivity contribution in [3.05, 3.63) is 0 Å². The number of carbonyl (C=O) groups excluding carboxylic acids is 1. The van der Waals surface area contributed by atoms with E-state index in [0.29, 0.717) is 0 Å². The van der Waals surface area contributed by atoms with E-state index in [9.17, 15) is 4.79 Å². The smallest absolute Gasteiger partial charge is 0.309 e. The van der Waals surface area contributed by atoms with Crippen LogP contribution in [-0.4, -0.2) is 19.1 Å². The summed E-state index contributed by atoms with van der Waals surface area (Å²) >= 11 is 0. The zero-order chi connectivity index (χ0) is 7.44. The summed E-state index contributed by atoms with van der Waals surface area (Å²) in [6, 6.07) is -0.127. The van der Waals surface area contributed by atoms with Crippen molar-refractivity contribution < 1.29 is 28.1 Å². The van der Waals surface area contributed by atoms with E-state index in [4.69, 9.17) is 5.73 Å². The molecule has 10 heavy (non-hydrogen) atoms. The fourth-order valence-electron chi connectivity index (χ4n) is 0.401. The largest absolute Gasteiger partial charge is 0.469 e. The predicted octanol–water partition coefficient (Wildman–Crippen LogP) is 0.140. The molecule has 0 aromatic carbocycles. The average Bonchev–Trinajstić information content (AvgIpc) is 1.84. The molecule has 0 bridgehead atoms. The first-order valence-corrected chi connectivity index (χ1v) is 2.93. The van der Waals surface area contributed by atoms with Crippen LogP contribution in [0.4, 0.5) is 0 Å². The molecule has 0 aromatic heterocycles. The van der Waals surface area contributed by atoms with Gasteiger partial charge in [-0.15, -0.1) is 0 Å². The Labute approximate surface area is 73.2 Å². The van der Waals surface area contributed by atoms with E-state index in [0.717, 1.165) is 0 Å². The Kier molecular flexibility index (Phi) is 7.31. The molecule has 0 fully saturated rings. The Balaban J connectivity index is 0. The predicted molar refractivity (Wildman–Crippen MR) is 34.8 cm³/mol. The van der Waals surface area contributed by atoms with Gasteiger partial charge in [-0.2, -0.15) is 0 Å². The monoisotopic (exact) mass is 182 g/mol. The van der Waals surface area contributed by atoms with Crippen LogP contribution in [-0.2, 0) is 28.1 Å². The Morgan fingerprint density at radius 1 is 1.50 bits per heavy atom. The van der Waals surface area contributed by atoms with Gasteiger partial charge in [0.05, 0.1) is 13.0 Å². The minimum Gasteiger partial charge on any atom is -0.469 e. The van der Waals surface area contributed by atoms with Crippen LogP contribution in [0.3, 0.4) is 0 Å². The summed E-state index contributed by atoms with van der Waals surface area (Å²) in [5.41, 5.74) is 5.41. The van der Waals surface area contributed by atoms with E-state index in [1.54, 1.807) is 13.8 Å². The quantitative estimate of drug-likeness (QED) is 0.618. The molecule has 3 nitrogen and oxygen atoms in total. The van der Waals surface area contributed by atoms with E-state index < -0.39 is 0 Å². The van der Waals surface area contributed by atoms with Crippen LogP contribution < -0.4 is 5.73 Å². The van der Waals surface area contributed by atoms with Gasteiger partial charge in [-0.1, -0.05) is 6.92 Å². The second kappa shape index (κ2) is 5.77. The molecule has 0 aromatic rings. The van der Waals surface area contributed by atoms with Crippen LogP contribution in [0.2, 0.25) is 0 Å². The second-order valence-electron chi connectivity index (χ2n) is 2.17. The topological polar surface area (TPSA) is 52.3 Å². The molecule has 0 aliphatic carbocycles. The third-order valence-electron chi connectivity index (χ3n) is 1.36. The Morgan fingerprint density at radius 3 is 2.00 bits per heavy atom. The van der Waals surface area contributed by atoms with Crippen molar-refractivity contribution in [1.29, 1.82) is 0 Å². The minimum absolute atomic E-state index is 0. The molecule has 0 aliphatic rings. The molecular formula is C6H13NO2V. The summed E-state index contributed by atoms with van der Waals surface area (Å²) < 4.78 is 4.45. The van der Waals surface area contributed by atoms with Crippen LogP contribution in [0.15, 0.2) is 0 Å². The van der Waals surface area contributed by atoms with E-state index >= 15 is 0 Å². The van der Waals surface area contributed by atoms with Gasteiger partial charge in [-0.05, 0) is 6.92 Å². The van der Waals surface area contributed by atoms with Crippen LogP contribution in [0.1, 0.15) is 13.8 Å². The van der Waals surface area contributed by atoms with Crippen molar-refractivity contribution in [3.8, 4) is 0 Å². The summed E-state index contributed by atoms with van der Waals surface area (Å²) in [6.07, 6.45) is 0. The first-order valence-electron chi connectivity index (χ1n) is 2.93. The van der Waals surface area contributed by atoms with Gasteiger partial charge in [0.25, 0.3) is 0 Å². The Hall–Kier alpha value is 0.0144. The molecule has 0 rings (SSSR count). The first-order chi connectivity index (χ1) is 4.09. The zero-order valence-corrected chi connectivity index (χ0v) is 7.89. The van der Waals surface area contributed by atoms with Gasteiger partial charge >= 0.3 is 5.97 Å². The molecule has 0 amide bonds. The van der Waals surface area contributed by atoms with Gasteiger partial charge in [0.2, 0.25) is 0 Å². The molecule has 1 radical (unpaired) electrons. The van der Waals surface area contributed by atoms with Crippen molar-refractivity contribution in [2.75, 3.05) is 7.11 Å². The first kappa shape index (κ1) is 12.7. The van der Waals surface area contributed by atoms with Crippen molar-refractivity contribution in [3.63, 3.8) is 0 Å². The molecule has 59 valence electrons. The van der Waals surface area contributed by atoms with E-state index in [-0.39, 0.29) is 36.5 Å². The summed E-state index contributed by atoms with van der Waals surface area (Å²) in [4.78, 5) is 10.7. The Bertz CT molecular complexity index is 106. The maximum absolute atomic E-state index is 10.7. The summed E-state index contributed by atoms with van der Waals surface area (Å²) in [7, 11) is 1.36. The molecule has 0 saturated heterocycles. The number of ether oxygens (including phenoxy) is 1. The fraction of sp³-hybridized carbons (Fsp3) is 0.833. The van der Waals surface area contributed by atoms with Crippen LogP contribution in [0, 0.1) is 5.92 Å². The molecule has 0 saturated carbocycles. The van der Waals surface area contributed by atoms with Gasteiger partial charge in [-0.3, -0.25) is 4.79 Å². The van der Waals surface area contributed by atoms with Crippen LogP contribution in [0.5, 0.6) is 0 Å². The number of esters is 1. The molecule has 0 spiro atoms. The SMILES string of the molecule is COC(=O)C(C)C(C)N.[V]. The maximum atomic E-state index is 10.7. The minimum atomic E-state index is -0.245.